The lowest BCUT2D eigenvalue weighted by atomic mass is 10.1. The van der Waals surface area contributed by atoms with Gasteiger partial charge in [0.15, 0.2) is 0 Å². The van der Waals surface area contributed by atoms with Crippen LogP contribution in [0.5, 0.6) is 0 Å². The lowest BCUT2D eigenvalue weighted by molar-refractivity contribution is 0.874. The molecule has 4 aromatic rings. The van der Waals surface area contributed by atoms with Gasteiger partial charge >= 0.3 is 0 Å². The molecule has 29 heavy (non-hydrogen) atoms. The topological polar surface area (TPSA) is 87.1 Å². The van der Waals surface area contributed by atoms with Gasteiger partial charge in [-0.15, -0.1) is 0 Å². The van der Waals surface area contributed by atoms with Crippen LogP contribution >= 0.6 is 11.6 Å². The quantitative estimate of drug-likeness (QED) is 0.450. The van der Waals surface area contributed by atoms with E-state index < -0.39 is 0 Å². The van der Waals surface area contributed by atoms with E-state index in [1.807, 2.05) is 30.3 Å². The summed E-state index contributed by atoms with van der Waals surface area (Å²) in [5, 5.41) is 10.1. The highest BCUT2D eigenvalue weighted by Crippen LogP contribution is 2.15. The molecule has 0 aliphatic heterocycles. The van der Waals surface area contributed by atoms with E-state index in [-0.39, 0.29) is 5.56 Å². The van der Waals surface area contributed by atoms with Crippen LogP contribution in [0, 0.1) is 13.8 Å². The predicted octanol–water partition coefficient (Wildman–Crippen LogP) is 3.91. The third kappa shape index (κ3) is 4.41. The molecule has 2 heterocycles. The number of benzene rings is 2. The summed E-state index contributed by atoms with van der Waals surface area (Å²) in [5.41, 5.74) is 4.91. The van der Waals surface area contributed by atoms with Crippen molar-refractivity contribution in [2.24, 2.45) is 0 Å². The van der Waals surface area contributed by atoms with Crippen molar-refractivity contribution in [3.8, 4) is 0 Å². The Morgan fingerprint density at radius 2 is 1.76 bits per heavy atom. The van der Waals surface area contributed by atoms with E-state index in [4.69, 9.17) is 11.6 Å². The van der Waals surface area contributed by atoms with Crippen molar-refractivity contribution >= 4 is 29.0 Å². The zero-order chi connectivity index (χ0) is 20.4. The maximum Gasteiger partial charge on any atom is 0.274 e. The van der Waals surface area contributed by atoms with Crippen molar-refractivity contribution in [3.05, 3.63) is 86.3 Å². The van der Waals surface area contributed by atoms with Crippen molar-refractivity contribution in [1.29, 1.82) is 0 Å². The number of aromatic amines is 1. The third-order valence-electron chi connectivity index (χ3n) is 4.74. The molecule has 0 spiro atoms. The first-order chi connectivity index (χ1) is 14.0. The minimum Gasteiger partial charge on any atom is -0.379 e. The van der Waals surface area contributed by atoms with Crippen LogP contribution in [0.25, 0.3) is 5.78 Å². The normalized spacial score (nSPS) is 11.0. The number of aryl methyl sites for hydroxylation is 2. The van der Waals surface area contributed by atoms with Crippen LogP contribution in [0.3, 0.4) is 0 Å². The van der Waals surface area contributed by atoms with Crippen molar-refractivity contribution < 1.29 is 0 Å². The highest BCUT2D eigenvalue weighted by Gasteiger charge is 2.08. The number of aromatic nitrogens is 4. The fraction of sp³-hybridized carbons (Fsp3) is 0.190. The molecule has 8 heteroatoms. The first-order valence-corrected chi connectivity index (χ1v) is 9.64. The molecular weight excluding hydrogens is 388 g/mol. The first-order valence-electron chi connectivity index (χ1n) is 9.26. The van der Waals surface area contributed by atoms with Crippen molar-refractivity contribution in [2.75, 3.05) is 10.6 Å². The van der Waals surface area contributed by atoms with Crippen molar-refractivity contribution in [3.63, 3.8) is 0 Å². The second kappa shape index (κ2) is 7.97. The number of nitrogens with one attached hydrogen (secondary N) is 3. The minimum absolute atomic E-state index is 0.209. The molecule has 0 bridgehead atoms. The van der Waals surface area contributed by atoms with E-state index in [9.17, 15) is 4.79 Å². The van der Waals surface area contributed by atoms with E-state index in [1.54, 1.807) is 0 Å². The number of halogens is 1. The second-order valence-electron chi connectivity index (χ2n) is 6.93. The fourth-order valence-electron chi connectivity index (χ4n) is 2.93. The van der Waals surface area contributed by atoms with Crippen LogP contribution in [-0.4, -0.2) is 19.6 Å². The molecule has 2 aromatic carbocycles. The van der Waals surface area contributed by atoms with Gasteiger partial charge in [-0.05, 0) is 54.8 Å². The van der Waals surface area contributed by atoms with Crippen LogP contribution in [0.1, 0.15) is 22.4 Å². The van der Waals surface area contributed by atoms with Gasteiger partial charge in [0.2, 0.25) is 5.95 Å². The lowest BCUT2D eigenvalue weighted by Gasteiger charge is -2.08. The van der Waals surface area contributed by atoms with Gasteiger partial charge in [0.1, 0.15) is 0 Å². The molecule has 0 saturated heterocycles. The van der Waals surface area contributed by atoms with Crippen molar-refractivity contribution in [1.82, 2.24) is 19.6 Å². The number of anilines is 2. The Labute approximate surface area is 172 Å². The average Bonchev–Trinajstić information content (AvgIpc) is 3.12. The highest BCUT2D eigenvalue weighted by atomic mass is 35.5. The second-order valence-corrected chi connectivity index (χ2v) is 7.36. The minimum atomic E-state index is -0.209. The van der Waals surface area contributed by atoms with Gasteiger partial charge in [-0.2, -0.15) is 9.50 Å². The fourth-order valence-corrected chi connectivity index (χ4v) is 3.06. The molecule has 3 N–H and O–H groups in total. The number of rotatable bonds is 6. The summed E-state index contributed by atoms with van der Waals surface area (Å²) in [6, 6.07) is 15.2. The lowest BCUT2D eigenvalue weighted by Crippen LogP contribution is -2.17. The Kier molecular flexibility index (Phi) is 5.22. The van der Waals surface area contributed by atoms with Gasteiger partial charge in [0.05, 0.1) is 12.2 Å². The Morgan fingerprint density at radius 1 is 0.966 bits per heavy atom. The van der Waals surface area contributed by atoms with Gasteiger partial charge in [0, 0.05) is 23.3 Å². The van der Waals surface area contributed by atoms with E-state index in [2.05, 4.69) is 51.7 Å². The summed E-state index contributed by atoms with van der Waals surface area (Å²) in [6.45, 7) is 5.13. The SMILES string of the molecule is Cc1ccc(NCc2cc(=O)n3[nH]c(NCc4ccc(Cl)cc4)nc3n2)cc1C. The number of hydrogen-bond donors (Lipinski definition) is 3. The predicted molar refractivity (Wildman–Crippen MR) is 116 cm³/mol. The maximum absolute atomic E-state index is 12.4. The summed E-state index contributed by atoms with van der Waals surface area (Å²) in [5.74, 6) is 0.803. The van der Waals surface area contributed by atoms with Gasteiger partial charge in [0.25, 0.3) is 11.3 Å². The zero-order valence-electron chi connectivity index (χ0n) is 16.2. The molecule has 0 atom stereocenters. The molecule has 0 aliphatic rings. The first kappa shape index (κ1) is 19.0. The van der Waals surface area contributed by atoms with Crippen LogP contribution in [-0.2, 0) is 13.1 Å². The van der Waals surface area contributed by atoms with E-state index >= 15 is 0 Å². The molecule has 148 valence electrons. The molecule has 0 saturated carbocycles. The highest BCUT2D eigenvalue weighted by molar-refractivity contribution is 6.30. The van der Waals surface area contributed by atoms with Gasteiger partial charge < -0.3 is 10.6 Å². The molecule has 0 fully saturated rings. The Morgan fingerprint density at radius 3 is 2.52 bits per heavy atom. The number of nitrogens with zero attached hydrogens (tertiary/aromatic N) is 3. The maximum atomic E-state index is 12.4. The van der Waals surface area contributed by atoms with Gasteiger partial charge in [-0.25, -0.2) is 4.98 Å². The molecule has 0 amide bonds. The summed E-state index contributed by atoms with van der Waals surface area (Å²) in [4.78, 5) is 21.3. The smallest absolute Gasteiger partial charge is 0.274 e. The van der Waals surface area contributed by atoms with Crippen LogP contribution < -0.4 is 16.2 Å². The van der Waals surface area contributed by atoms with E-state index in [0.717, 1.165) is 11.3 Å². The Balaban J connectivity index is 1.48. The number of fused-ring (bicyclic) bond motifs is 1. The van der Waals surface area contributed by atoms with E-state index in [0.29, 0.717) is 35.5 Å². The summed E-state index contributed by atoms with van der Waals surface area (Å²) in [6.07, 6.45) is 0. The van der Waals surface area contributed by atoms with E-state index in [1.165, 1.54) is 21.7 Å². The van der Waals surface area contributed by atoms with Gasteiger partial charge in [-0.1, -0.05) is 29.8 Å². The summed E-state index contributed by atoms with van der Waals surface area (Å²) in [7, 11) is 0. The summed E-state index contributed by atoms with van der Waals surface area (Å²) < 4.78 is 1.32. The average molecular weight is 409 g/mol. The largest absolute Gasteiger partial charge is 0.379 e. The Bertz CT molecular complexity index is 1210. The Hall–Kier alpha value is -3.32. The number of hydrogen-bond acceptors (Lipinski definition) is 5. The zero-order valence-corrected chi connectivity index (χ0v) is 16.9. The van der Waals surface area contributed by atoms with Crippen LogP contribution in [0.15, 0.2) is 53.3 Å². The molecular formula is C21H21ClN6O. The van der Waals surface area contributed by atoms with Gasteiger partial charge in [-0.3, -0.25) is 9.89 Å². The monoisotopic (exact) mass is 408 g/mol. The summed E-state index contributed by atoms with van der Waals surface area (Å²) >= 11 is 5.90. The standard InChI is InChI=1S/C21H21ClN6O/c1-13-3-8-17(9-14(13)2)23-12-18-10-19(29)28-21(25-18)26-20(27-28)24-11-15-4-6-16(22)7-5-15/h3-10,23H,11-12H2,1-2H3,(H2,24,25,26,27). The van der Waals surface area contributed by atoms with Crippen LogP contribution in [0.2, 0.25) is 5.02 Å². The molecule has 0 radical (unpaired) electrons. The number of H-pyrrole nitrogens is 1. The third-order valence-corrected chi connectivity index (χ3v) is 4.99. The molecule has 7 nitrogen and oxygen atoms in total. The molecule has 0 aliphatic carbocycles. The van der Waals surface area contributed by atoms with Crippen molar-refractivity contribution in [2.45, 2.75) is 26.9 Å². The molecule has 0 unspecified atom stereocenters. The molecule has 2 aromatic heterocycles. The van der Waals surface area contributed by atoms with Crippen LogP contribution in [0.4, 0.5) is 11.6 Å². The molecule has 4 rings (SSSR count).